The lowest BCUT2D eigenvalue weighted by Crippen LogP contribution is -2.51. The van der Waals surface area contributed by atoms with Gasteiger partial charge in [0.15, 0.2) is 0 Å². The Morgan fingerprint density at radius 3 is 2.73 bits per heavy atom. The van der Waals surface area contributed by atoms with Crippen LogP contribution in [0.2, 0.25) is 0 Å². The SMILES string of the molecule is CCN1CC2(CCC1=O)CCN(Cc1ccncc1C)CC2. The number of aromatic nitrogens is 1. The second-order valence-electron chi connectivity index (χ2n) is 6.99. The summed E-state index contributed by atoms with van der Waals surface area (Å²) in [7, 11) is 0. The Balaban J connectivity index is 1.58. The Kier molecular flexibility index (Phi) is 4.48. The monoisotopic (exact) mass is 301 g/mol. The van der Waals surface area contributed by atoms with Crippen molar-refractivity contribution in [1.29, 1.82) is 0 Å². The molecule has 1 spiro atoms. The molecule has 0 bridgehead atoms. The molecule has 120 valence electrons. The first-order valence-corrected chi connectivity index (χ1v) is 8.51. The molecule has 0 N–H and O–H groups in total. The van der Waals surface area contributed by atoms with E-state index in [-0.39, 0.29) is 0 Å². The van der Waals surface area contributed by atoms with E-state index in [9.17, 15) is 4.79 Å². The summed E-state index contributed by atoms with van der Waals surface area (Å²) in [4.78, 5) is 20.7. The van der Waals surface area contributed by atoms with Crippen LogP contribution in [0.15, 0.2) is 18.5 Å². The van der Waals surface area contributed by atoms with E-state index in [2.05, 4.69) is 34.7 Å². The molecular formula is C18H27N3O. The average Bonchev–Trinajstić information content (AvgIpc) is 2.54. The summed E-state index contributed by atoms with van der Waals surface area (Å²) < 4.78 is 0. The van der Waals surface area contributed by atoms with Crippen LogP contribution in [-0.2, 0) is 11.3 Å². The first-order chi connectivity index (χ1) is 10.6. The standard InChI is InChI=1S/C18H27N3O/c1-3-21-14-18(6-4-17(21)22)7-10-20(11-8-18)13-16-5-9-19-12-15(16)2/h5,9,12H,3-4,6-8,10-11,13-14H2,1-2H3. The van der Waals surface area contributed by atoms with Gasteiger partial charge in [-0.25, -0.2) is 0 Å². The molecule has 2 saturated heterocycles. The van der Waals surface area contributed by atoms with Crippen LogP contribution in [0.1, 0.15) is 43.7 Å². The van der Waals surface area contributed by atoms with Gasteiger partial charge in [-0.15, -0.1) is 0 Å². The largest absolute Gasteiger partial charge is 0.342 e. The van der Waals surface area contributed by atoms with E-state index >= 15 is 0 Å². The lowest BCUT2D eigenvalue weighted by atomic mass is 9.72. The summed E-state index contributed by atoms with van der Waals surface area (Å²) in [6, 6.07) is 2.14. The predicted octanol–water partition coefficient (Wildman–Crippen LogP) is 2.61. The summed E-state index contributed by atoms with van der Waals surface area (Å²) in [5.74, 6) is 0.350. The Bertz CT molecular complexity index is 535. The highest BCUT2D eigenvalue weighted by Crippen LogP contribution is 2.40. The highest BCUT2D eigenvalue weighted by molar-refractivity contribution is 5.77. The van der Waals surface area contributed by atoms with Gasteiger partial charge in [-0.1, -0.05) is 0 Å². The zero-order valence-electron chi connectivity index (χ0n) is 13.8. The van der Waals surface area contributed by atoms with Gasteiger partial charge in [0.25, 0.3) is 0 Å². The molecule has 0 aromatic carbocycles. The summed E-state index contributed by atoms with van der Waals surface area (Å²) in [6.45, 7) is 9.39. The number of carbonyl (C=O) groups excluding carboxylic acids is 1. The number of piperidine rings is 2. The first-order valence-electron chi connectivity index (χ1n) is 8.51. The third kappa shape index (κ3) is 3.17. The molecule has 2 aliphatic heterocycles. The summed E-state index contributed by atoms with van der Waals surface area (Å²) in [6.07, 6.45) is 8.12. The highest BCUT2D eigenvalue weighted by atomic mass is 16.2. The molecule has 1 aromatic heterocycles. The topological polar surface area (TPSA) is 36.4 Å². The van der Waals surface area contributed by atoms with Crippen LogP contribution in [0.4, 0.5) is 0 Å². The summed E-state index contributed by atoms with van der Waals surface area (Å²) in [5, 5.41) is 0. The van der Waals surface area contributed by atoms with Crippen molar-refractivity contribution in [1.82, 2.24) is 14.8 Å². The molecule has 1 amide bonds. The number of pyridine rings is 1. The maximum absolute atomic E-state index is 11.9. The number of carbonyl (C=O) groups is 1. The van der Waals surface area contributed by atoms with Gasteiger partial charge >= 0.3 is 0 Å². The van der Waals surface area contributed by atoms with E-state index in [4.69, 9.17) is 0 Å². The number of nitrogens with zero attached hydrogens (tertiary/aromatic N) is 3. The Hall–Kier alpha value is -1.42. The molecule has 1 aromatic rings. The molecule has 0 atom stereocenters. The van der Waals surface area contributed by atoms with E-state index in [0.717, 1.165) is 45.6 Å². The van der Waals surface area contributed by atoms with Gasteiger partial charge in [-0.05, 0) is 68.8 Å². The third-order valence-electron chi connectivity index (χ3n) is 5.58. The molecule has 0 aliphatic carbocycles. The average molecular weight is 301 g/mol. The number of aryl methyl sites for hydroxylation is 1. The van der Waals surface area contributed by atoms with E-state index in [1.54, 1.807) is 0 Å². The second-order valence-corrected chi connectivity index (χ2v) is 6.99. The zero-order valence-corrected chi connectivity index (χ0v) is 13.8. The predicted molar refractivity (Wildman–Crippen MR) is 87.4 cm³/mol. The van der Waals surface area contributed by atoms with Gasteiger partial charge in [0, 0.05) is 38.4 Å². The molecule has 3 heterocycles. The van der Waals surface area contributed by atoms with Gasteiger partial charge < -0.3 is 4.90 Å². The lowest BCUT2D eigenvalue weighted by molar-refractivity contribution is -0.138. The quantitative estimate of drug-likeness (QED) is 0.861. The van der Waals surface area contributed by atoms with Crippen molar-refractivity contribution in [3.63, 3.8) is 0 Å². The van der Waals surface area contributed by atoms with Gasteiger partial charge in [0.1, 0.15) is 0 Å². The summed E-state index contributed by atoms with van der Waals surface area (Å²) in [5.41, 5.74) is 3.05. The maximum atomic E-state index is 11.9. The molecule has 0 saturated carbocycles. The summed E-state index contributed by atoms with van der Waals surface area (Å²) >= 11 is 0. The minimum absolute atomic E-state index is 0.350. The van der Waals surface area contributed by atoms with Crippen molar-refractivity contribution in [3.05, 3.63) is 29.6 Å². The van der Waals surface area contributed by atoms with Gasteiger partial charge in [-0.3, -0.25) is 14.7 Å². The van der Waals surface area contributed by atoms with Crippen molar-refractivity contribution in [2.45, 2.75) is 46.1 Å². The lowest BCUT2D eigenvalue weighted by Gasteiger charge is -2.47. The number of hydrogen-bond donors (Lipinski definition) is 0. The van der Waals surface area contributed by atoms with Gasteiger partial charge in [0.05, 0.1) is 0 Å². The van der Waals surface area contributed by atoms with Crippen molar-refractivity contribution < 1.29 is 4.79 Å². The second kappa shape index (κ2) is 6.37. The van der Waals surface area contributed by atoms with Crippen LogP contribution in [0.25, 0.3) is 0 Å². The van der Waals surface area contributed by atoms with Crippen LogP contribution < -0.4 is 0 Å². The number of rotatable bonds is 3. The molecule has 3 rings (SSSR count). The Morgan fingerprint density at radius 1 is 1.27 bits per heavy atom. The molecule has 2 fully saturated rings. The maximum Gasteiger partial charge on any atom is 0.222 e. The fourth-order valence-corrected chi connectivity index (χ4v) is 3.90. The highest BCUT2D eigenvalue weighted by Gasteiger charge is 2.40. The molecule has 4 heteroatoms. The van der Waals surface area contributed by atoms with E-state index in [1.807, 2.05) is 12.4 Å². The van der Waals surface area contributed by atoms with E-state index < -0.39 is 0 Å². The minimum atomic E-state index is 0.350. The first kappa shape index (κ1) is 15.5. The Labute approximate surface area is 133 Å². The van der Waals surface area contributed by atoms with Gasteiger partial charge in [-0.2, -0.15) is 0 Å². The molecule has 2 aliphatic rings. The van der Waals surface area contributed by atoms with Crippen molar-refractivity contribution >= 4 is 5.91 Å². The smallest absolute Gasteiger partial charge is 0.222 e. The van der Waals surface area contributed by atoms with Crippen LogP contribution in [0.5, 0.6) is 0 Å². The fourth-order valence-electron chi connectivity index (χ4n) is 3.90. The molecule has 0 radical (unpaired) electrons. The van der Waals surface area contributed by atoms with Crippen LogP contribution in [0, 0.1) is 12.3 Å². The van der Waals surface area contributed by atoms with Crippen LogP contribution in [-0.4, -0.2) is 46.9 Å². The molecule has 22 heavy (non-hydrogen) atoms. The van der Waals surface area contributed by atoms with Crippen molar-refractivity contribution in [3.8, 4) is 0 Å². The number of likely N-dealkylation sites (tertiary alicyclic amines) is 2. The molecule has 4 nitrogen and oxygen atoms in total. The molecular weight excluding hydrogens is 274 g/mol. The minimum Gasteiger partial charge on any atom is -0.342 e. The Morgan fingerprint density at radius 2 is 2.05 bits per heavy atom. The van der Waals surface area contributed by atoms with E-state index in [1.165, 1.54) is 24.0 Å². The van der Waals surface area contributed by atoms with Crippen LogP contribution in [0.3, 0.4) is 0 Å². The molecule has 0 unspecified atom stereocenters. The fraction of sp³-hybridized carbons (Fsp3) is 0.667. The third-order valence-corrected chi connectivity index (χ3v) is 5.58. The number of hydrogen-bond acceptors (Lipinski definition) is 3. The normalized spacial score (nSPS) is 22.3. The van der Waals surface area contributed by atoms with Gasteiger partial charge in [0.2, 0.25) is 5.91 Å². The van der Waals surface area contributed by atoms with Crippen molar-refractivity contribution in [2.24, 2.45) is 5.41 Å². The van der Waals surface area contributed by atoms with E-state index in [0.29, 0.717) is 11.3 Å². The number of amides is 1. The zero-order chi connectivity index (χ0) is 15.6. The van der Waals surface area contributed by atoms with Crippen molar-refractivity contribution in [2.75, 3.05) is 26.2 Å². The van der Waals surface area contributed by atoms with Crippen LogP contribution >= 0.6 is 0 Å².